The zero-order valence-corrected chi connectivity index (χ0v) is 19.4. The van der Waals surface area contributed by atoms with Gasteiger partial charge in [0.1, 0.15) is 5.82 Å². The number of piperazine rings is 1. The molecular weight excluding hydrogens is 454 g/mol. The van der Waals surface area contributed by atoms with Crippen LogP contribution in [0.1, 0.15) is 6.92 Å². The molecule has 9 nitrogen and oxygen atoms in total. The normalized spacial score (nSPS) is 13.9. The predicted molar refractivity (Wildman–Crippen MR) is 132 cm³/mol. The van der Waals surface area contributed by atoms with Gasteiger partial charge in [0.25, 0.3) is 0 Å². The molecule has 1 fully saturated rings. The minimum Gasteiger partial charge on any atom is -0.450 e. The molecule has 34 heavy (non-hydrogen) atoms. The third-order valence-electron chi connectivity index (χ3n) is 5.76. The van der Waals surface area contributed by atoms with E-state index in [4.69, 9.17) is 37.1 Å². The minimum absolute atomic E-state index is 0.297. The molecule has 1 aliphatic heterocycles. The molecule has 0 spiro atoms. The number of ether oxygens (including phenoxy) is 1. The summed E-state index contributed by atoms with van der Waals surface area (Å²) in [7, 11) is 0. The van der Waals surface area contributed by atoms with Crippen molar-refractivity contribution in [3.05, 3.63) is 59.6 Å². The molecule has 0 aliphatic carbocycles. The van der Waals surface area contributed by atoms with Gasteiger partial charge >= 0.3 is 6.09 Å². The van der Waals surface area contributed by atoms with E-state index in [1.165, 1.54) is 0 Å². The van der Waals surface area contributed by atoms with Crippen molar-refractivity contribution < 1.29 is 9.53 Å². The van der Waals surface area contributed by atoms with Crippen LogP contribution in [0.2, 0.25) is 5.02 Å². The monoisotopic (exact) mass is 477 g/mol. The number of para-hydroxylation sites is 1. The number of nitrogens with zero attached hydrogens (tertiary/aromatic N) is 6. The average molecular weight is 478 g/mol. The number of fused-ring (bicyclic) bond motifs is 1. The Labute approximate surface area is 201 Å². The highest BCUT2D eigenvalue weighted by atomic mass is 35.5. The first-order chi connectivity index (χ1) is 16.5. The summed E-state index contributed by atoms with van der Waals surface area (Å²) in [5, 5.41) is 6.03. The number of nitrogen functional groups attached to an aromatic ring is 1. The first-order valence-corrected chi connectivity index (χ1v) is 11.5. The first-order valence-electron chi connectivity index (χ1n) is 11.1. The van der Waals surface area contributed by atoms with Crippen LogP contribution in [-0.4, -0.2) is 63.5 Å². The highest BCUT2D eigenvalue weighted by molar-refractivity contribution is 6.30. The van der Waals surface area contributed by atoms with Gasteiger partial charge in [-0.25, -0.2) is 14.5 Å². The molecular formula is C24H24ClN7O2. The molecule has 0 bridgehead atoms. The van der Waals surface area contributed by atoms with Crippen LogP contribution in [0.25, 0.3) is 28.0 Å². The molecule has 174 valence electrons. The lowest BCUT2D eigenvalue weighted by Crippen LogP contribution is -2.49. The van der Waals surface area contributed by atoms with Crippen LogP contribution in [0, 0.1) is 0 Å². The van der Waals surface area contributed by atoms with E-state index in [9.17, 15) is 4.79 Å². The van der Waals surface area contributed by atoms with Gasteiger partial charge in [-0.2, -0.15) is 4.98 Å². The quantitative estimate of drug-likeness (QED) is 0.474. The second-order valence-corrected chi connectivity index (χ2v) is 8.32. The van der Waals surface area contributed by atoms with Crippen molar-refractivity contribution >= 4 is 40.5 Å². The van der Waals surface area contributed by atoms with Crippen LogP contribution >= 0.6 is 11.6 Å². The lowest BCUT2D eigenvalue weighted by molar-refractivity contribution is 0.105. The second-order valence-electron chi connectivity index (χ2n) is 7.88. The smallest absolute Gasteiger partial charge is 0.409 e. The van der Waals surface area contributed by atoms with E-state index in [2.05, 4.69) is 0 Å². The Morgan fingerprint density at radius 2 is 1.74 bits per heavy atom. The highest BCUT2D eigenvalue weighted by Crippen LogP contribution is 2.34. The van der Waals surface area contributed by atoms with Gasteiger partial charge in [0.15, 0.2) is 5.65 Å². The summed E-state index contributed by atoms with van der Waals surface area (Å²) < 4.78 is 6.81. The Hall–Kier alpha value is -3.85. The number of hydrogen-bond donors (Lipinski definition) is 1. The maximum atomic E-state index is 12.1. The Balaban J connectivity index is 1.57. The zero-order chi connectivity index (χ0) is 23.7. The highest BCUT2D eigenvalue weighted by Gasteiger charge is 2.26. The minimum atomic E-state index is -0.297. The van der Waals surface area contributed by atoms with Gasteiger partial charge in [0.2, 0.25) is 5.95 Å². The van der Waals surface area contributed by atoms with Crippen molar-refractivity contribution in [2.75, 3.05) is 43.4 Å². The lowest BCUT2D eigenvalue weighted by Gasteiger charge is -2.34. The van der Waals surface area contributed by atoms with E-state index in [-0.39, 0.29) is 6.09 Å². The number of amides is 1. The number of anilines is 2. The van der Waals surface area contributed by atoms with Gasteiger partial charge in [-0.1, -0.05) is 41.9 Å². The molecule has 0 saturated carbocycles. The summed E-state index contributed by atoms with van der Waals surface area (Å²) in [6.45, 7) is 4.37. The van der Waals surface area contributed by atoms with Gasteiger partial charge in [0.05, 0.1) is 23.4 Å². The number of hydrogen-bond acceptors (Lipinski definition) is 7. The number of halogens is 1. The third-order valence-corrected chi connectivity index (χ3v) is 6.02. The molecule has 0 atom stereocenters. The Morgan fingerprint density at radius 1 is 1.03 bits per heavy atom. The van der Waals surface area contributed by atoms with Crippen LogP contribution in [0.4, 0.5) is 16.6 Å². The molecule has 1 amide bonds. The third kappa shape index (κ3) is 4.10. The number of carbonyl (C=O) groups is 1. The SMILES string of the molecule is CCOC(=O)N1CCN(c2nc(-c3ccc(Cl)cc3)c3c(N)n(-c4ccccc4)nc3n2)CC1. The van der Waals surface area contributed by atoms with E-state index in [1.807, 2.05) is 59.5 Å². The predicted octanol–water partition coefficient (Wildman–Crippen LogP) is 4.00. The van der Waals surface area contributed by atoms with Crippen molar-refractivity contribution in [1.82, 2.24) is 24.6 Å². The molecule has 1 saturated heterocycles. The van der Waals surface area contributed by atoms with E-state index in [0.29, 0.717) is 66.3 Å². The molecule has 4 aromatic rings. The van der Waals surface area contributed by atoms with Crippen molar-refractivity contribution in [2.24, 2.45) is 0 Å². The van der Waals surface area contributed by atoms with E-state index < -0.39 is 0 Å². The Morgan fingerprint density at radius 3 is 2.41 bits per heavy atom. The summed E-state index contributed by atoms with van der Waals surface area (Å²) in [5.41, 5.74) is 9.46. The molecule has 3 heterocycles. The fourth-order valence-electron chi connectivity index (χ4n) is 4.03. The molecule has 2 N–H and O–H groups in total. The molecule has 0 radical (unpaired) electrons. The largest absolute Gasteiger partial charge is 0.450 e. The number of carbonyl (C=O) groups excluding carboxylic acids is 1. The standard InChI is InChI=1S/C24H24ClN7O2/c1-2-34-24(33)31-14-12-30(13-15-31)23-27-20(16-8-10-17(25)11-9-16)19-21(26)32(29-22(19)28-23)18-6-4-3-5-7-18/h3-11H,2,12-15,26H2,1H3. The number of aromatic nitrogens is 4. The average Bonchev–Trinajstić information content (AvgIpc) is 3.21. The molecule has 2 aromatic carbocycles. The second kappa shape index (κ2) is 9.18. The Kier molecular flexibility index (Phi) is 5.93. The maximum Gasteiger partial charge on any atom is 0.409 e. The van der Waals surface area contributed by atoms with Crippen molar-refractivity contribution in [2.45, 2.75) is 6.92 Å². The number of rotatable bonds is 4. The molecule has 5 rings (SSSR count). The zero-order valence-electron chi connectivity index (χ0n) is 18.7. The fraction of sp³-hybridized carbons (Fsp3) is 0.250. The van der Waals surface area contributed by atoms with Crippen molar-refractivity contribution in [3.8, 4) is 16.9 Å². The van der Waals surface area contributed by atoms with Crippen LogP contribution < -0.4 is 10.6 Å². The van der Waals surface area contributed by atoms with E-state index in [0.717, 1.165) is 11.3 Å². The van der Waals surface area contributed by atoms with Gasteiger partial charge in [-0.3, -0.25) is 0 Å². The molecule has 10 heteroatoms. The number of benzene rings is 2. The van der Waals surface area contributed by atoms with Crippen LogP contribution in [-0.2, 0) is 4.74 Å². The van der Waals surface area contributed by atoms with Crippen LogP contribution in [0.15, 0.2) is 54.6 Å². The van der Waals surface area contributed by atoms with Gasteiger partial charge in [-0.15, -0.1) is 5.10 Å². The molecule has 2 aromatic heterocycles. The summed E-state index contributed by atoms with van der Waals surface area (Å²) >= 11 is 6.12. The lowest BCUT2D eigenvalue weighted by atomic mass is 10.1. The van der Waals surface area contributed by atoms with Gasteiger partial charge in [-0.05, 0) is 31.2 Å². The Bertz CT molecular complexity index is 1320. The van der Waals surface area contributed by atoms with Crippen LogP contribution in [0.3, 0.4) is 0 Å². The molecule has 0 unspecified atom stereocenters. The van der Waals surface area contributed by atoms with Crippen LogP contribution in [0.5, 0.6) is 0 Å². The van der Waals surface area contributed by atoms with Crippen molar-refractivity contribution in [1.29, 1.82) is 0 Å². The summed E-state index contributed by atoms with van der Waals surface area (Å²) in [4.78, 5) is 25.5. The maximum absolute atomic E-state index is 12.1. The first kappa shape index (κ1) is 22.0. The number of nitrogens with two attached hydrogens (primary N) is 1. The summed E-state index contributed by atoms with van der Waals surface area (Å²) in [5.74, 6) is 1.00. The van der Waals surface area contributed by atoms with E-state index in [1.54, 1.807) is 16.5 Å². The van der Waals surface area contributed by atoms with E-state index >= 15 is 0 Å². The van der Waals surface area contributed by atoms with Gasteiger partial charge in [0, 0.05) is 36.8 Å². The molecule has 1 aliphatic rings. The fourth-order valence-corrected chi connectivity index (χ4v) is 4.15. The van der Waals surface area contributed by atoms with Crippen molar-refractivity contribution in [3.63, 3.8) is 0 Å². The van der Waals surface area contributed by atoms with Gasteiger partial charge < -0.3 is 20.3 Å². The topological polar surface area (TPSA) is 102 Å². The summed E-state index contributed by atoms with van der Waals surface area (Å²) in [6.07, 6.45) is -0.297. The summed E-state index contributed by atoms with van der Waals surface area (Å²) in [6, 6.07) is 17.1.